The lowest BCUT2D eigenvalue weighted by atomic mass is 9.96. The van der Waals surface area contributed by atoms with Gasteiger partial charge in [-0.15, -0.1) is 22.0 Å². The van der Waals surface area contributed by atoms with Gasteiger partial charge in [-0.2, -0.15) is 0 Å². The minimum atomic E-state index is -0.0869. The number of halogens is 1. The van der Waals surface area contributed by atoms with Gasteiger partial charge in [-0.3, -0.25) is 4.79 Å². The average Bonchev–Trinajstić information content (AvgIpc) is 3.11. The molecule has 0 bridgehead atoms. The molecule has 1 amide bonds. The SMILES string of the molecule is C[C@@H](Sc1ccc(Br)cc1)C(=O)N1CCC(c2nnco2)CC1. The van der Waals surface area contributed by atoms with Crippen molar-refractivity contribution in [1.29, 1.82) is 0 Å². The number of piperidine rings is 1. The van der Waals surface area contributed by atoms with Crippen LogP contribution in [0.3, 0.4) is 0 Å². The fourth-order valence-electron chi connectivity index (χ4n) is 2.73. The van der Waals surface area contributed by atoms with Gasteiger partial charge in [-0.1, -0.05) is 15.9 Å². The average molecular weight is 396 g/mol. The number of amides is 1. The number of thioether (sulfide) groups is 1. The number of rotatable bonds is 4. The molecule has 1 atom stereocenters. The second-order valence-corrected chi connectivity index (χ2v) is 7.92. The van der Waals surface area contributed by atoms with Gasteiger partial charge < -0.3 is 9.32 Å². The maximum atomic E-state index is 12.6. The number of hydrogen-bond acceptors (Lipinski definition) is 5. The molecule has 3 rings (SSSR count). The molecule has 0 N–H and O–H groups in total. The zero-order valence-corrected chi connectivity index (χ0v) is 15.2. The molecule has 5 nitrogen and oxygen atoms in total. The predicted octanol–water partition coefficient (Wildman–Crippen LogP) is 3.72. The first-order valence-corrected chi connectivity index (χ1v) is 9.28. The van der Waals surface area contributed by atoms with Crippen LogP contribution >= 0.6 is 27.7 Å². The van der Waals surface area contributed by atoms with Gasteiger partial charge in [0.15, 0.2) is 0 Å². The van der Waals surface area contributed by atoms with Gasteiger partial charge in [-0.05, 0) is 44.0 Å². The lowest BCUT2D eigenvalue weighted by Gasteiger charge is -2.32. The lowest BCUT2D eigenvalue weighted by Crippen LogP contribution is -2.41. The molecule has 0 radical (unpaired) electrons. The van der Waals surface area contributed by atoms with Gasteiger partial charge in [-0.25, -0.2) is 0 Å². The van der Waals surface area contributed by atoms with Crippen LogP contribution in [0, 0.1) is 0 Å². The molecular weight excluding hydrogens is 378 g/mol. The van der Waals surface area contributed by atoms with Crippen LogP contribution in [-0.4, -0.2) is 39.3 Å². The summed E-state index contributed by atoms with van der Waals surface area (Å²) in [5, 5.41) is 7.62. The second-order valence-electron chi connectivity index (χ2n) is 5.59. The van der Waals surface area contributed by atoms with Crippen LogP contribution in [0.5, 0.6) is 0 Å². The molecule has 1 aromatic heterocycles. The summed E-state index contributed by atoms with van der Waals surface area (Å²) in [7, 11) is 0. The number of benzene rings is 1. The smallest absolute Gasteiger partial charge is 0.235 e. The highest BCUT2D eigenvalue weighted by Crippen LogP contribution is 2.30. The Labute approximate surface area is 148 Å². The van der Waals surface area contributed by atoms with E-state index in [4.69, 9.17) is 4.42 Å². The summed E-state index contributed by atoms with van der Waals surface area (Å²) in [6, 6.07) is 8.05. The van der Waals surface area contributed by atoms with Gasteiger partial charge >= 0.3 is 0 Å². The molecule has 2 heterocycles. The van der Waals surface area contributed by atoms with Gasteiger partial charge in [0, 0.05) is 28.4 Å². The van der Waals surface area contributed by atoms with E-state index in [1.165, 1.54) is 6.39 Å². The molecule has 0 aliphatic carbocycles. The summed E-state index contributed by atoms with van der Waals surface area (Å²) in [5.74, 6) is 1.16. The van der Waals surface area contributed by atoms with Gasteiger partial charge in [0.05, 0.1) is 5.25 Å². The third kappa shape index (κ3) is 4.14. The van der Waals surface area contributed by atoms with Crippen molar-refractivity contribution in [3.05, 3.63) is 41.0 Å². The Morgan fingerprint density at radius 2 is 2.04 bits per heavy atom. The Bertz CT molecular complexity index is 640. The molecule has 1 aliphatic heterocycles. The van der Waals surface area contributed by atoms with Gasteiger partial charge in [0.2, 0.25) is 18.2 Å². The van der Waals surface area contributed by atoms with Gasteiger partial charge in [0.1, 0.15) is 0 Å². The van der Waals surface area contributed by atoms with E-state index < -0.39 is 0 Å². The van der Waals surface area contributed by atoms with E-state index in [0.29, 0.717) is 5.89 Å². The van der Waals surface area contributed by atoms with Crippen molar-refractivity contribution in [1.82, 2.24) is 15.1 Å². The molecule has 2 aromatic rings. The summed E-state index contributed by atoms with van der Waals surface area (Å²) in [5.41, 5.74) is 0. The van der Waals surface area contributed by atoms with Crippen LogP contribution in [-0.2, 0) is 4.79 Å². The highest BCUT2D eigenvalue weighted by atomic mass is 79.9. The van der Waals surface area contributed by atoms with Crippen LogP contribution in [0.25, 0.3) is 0 Å². The standard InChI is InChI=1S/C16H18BrN3O2S/c1-11(23-14-4-2-13(17)3-5-14)16(21)20-8-6-12(7-9-20)15-19-18-10-22-15/h2-5,10-12H,6-9H2,1H3/t11-/m1/s1. The third-order valence-electron chi connectivity index (χ3n) is 4.01. The third-order valence-corrected chi connectivity index (χ3v) is 5.64. The maximum absolute atomic E-state index is 12.6. The van der Waals surface area contributed by atoms with Crippen LogP contribution in [0.1, 0.15) is 31.6 Å². The molecule has 1 saturated heterocycles. The van der Waals surface area contributed by atoms with E-state index in [-0.39, 0.29) is 17.1 Å². The van der Waals surface area contributed by atoms with Gasteiger partial charge in [0.25, 0.3) is 0 Å². The number of aromatic nitrogens is 2. The number of hydrogen-bond donors (Lipinski definition) is 0. The number of nitrogens with zero attached hydrogens (tertiary/aromatic N) is 3. The van der Waals surface area contributed by atoms with Crippen LogP contribution < -0.4 is 0 Å². The molecule has 1 fully saturated rings. The molecule has 7 heteroatoms. The summed E-state index contributed by atoms with van der Waals surface area (Å²) in [6.07, 6.45) is 3.12. The molecular formula is C16H18BrN3O2S. The minimum Gasteiger partial charge on any atom is -0.428 e. The Kier molecular flexibility index (Phi) is 5.38. The van der Waals surface area contributed by atoms with E-state index in [1.54, 1.807) is 11.8 Å². The quantitative estimate of drug-likeness (QED) is 0.738. The van der Waals surface area contributed by atoms with Crippen molar-refractivity contribution < 1.29 is 9.21 Å². The van der Waals surface area contributed by atoms with Crippen molar-refractivity contribution in [2.24, 2.45) is 0 Å². The van der Waals surface area contributed by atoms with Crippen LogP contribution in [0.15, 0.2) is 44.4 Å². The van der Waals surface area contributed by atoms with E-state index >= 15 is 0 Å². The molecule has 1 aromatic carbocycles. The first kappa shape index (κ1) is 16.5. The van der Waals surface area contributed by atoms with E-state index in [0.717, 1.165) is 35.3 Å². The minimum absolute atomic E-state index is 0.0869. The van der Waals surface area contributed by atoms with Crippen molar-refractivity contribution >= 4 is 33.6 Å². The monoisotopic (exact) mass is 395 g/mol. The van der Waals surface area contributed by atoms with Crippen molar-refractivity contribution in [3.8, 4) is 0 Å². The molecule has 1 aliphatic rings. The second kappa shape index (κ2) is 7.49. The normalized spacial score (nSPS) is 17.2. The topological polar surface area (TPSA) is 59.2 Å². The maximum Gasteiger partial charge on any atom is 0.235 e. The molecule has 122 valence electrons. The number of likely N-dealkylation sites (tertiary alicyclic amines) is 1. The van der Waals surface area contributed by atoms with Crippen LogP contribution in [0.4, 0.5) is 0 Å². The summed E-state index contributed by atoms with van der Waals surface area (Å²) in [4.78, 5) is 15.7. The molecule has 0 spiro atoms. The Morgan fingerprint density at radius 3 is 2.65 bits per heavy atom. The van der Waals surface area contributed by atoms with Crippen molar-refractivity contribution in [2.75, 3.05) is 13.1 Å². The lowest BCUT2D eigenvalue weighted by molar-refractivity contribution is -0.131. The highest BCUT2D eigenvalue weighted by Gasteiger charge is 2.29. The number of carbonyl (C=O) groups is 1. The van der Waals surface area contributed by atoms with E-state index in [9.17, 15) is 4.79 Å². The van der Waals surface area contributed by atoms with Crippen molar-refractivity contribution in [2.45, 2.75) is 35.8 Å². The summed E-state index contributed by atoms with van der Waals surface area (Å²) >= 11 is 5.02. The highest BCUT2D eigenvalue weighted by molar-refractivity contribution is 9.10. The zero-order valence-electron chi connectivity index (χ0n) is 12.8. The Hall–Kier alpha value is -1.34. The van der Waals surface area contributed by atoms with Crippen molar-refractivity contribution in [3.63, 3.8) is 0 Å². The predicted molar refractivity (Wildman–Crippen MR) is 92.3 cm³/mol. The molecule has 0 unspecified atom stereocenters. The molecule has 0 saturated carbocycles. The largest absolute Gasteiger partial charge is 0.428 e. The zero-order chi connectivity index (χ0) is 16.2. The fraction of sp³-hybridized carbons (Fsp3) is 0.438. The first-order chi connectivity index (χ1) is 11.1. The molecule has 23 heavy (non-hydrogen) atoms. The van der Waals surface area contributed by atoms with Crippen LogP contribution in [0.2, 0.25) is 0 Å². The first-order valence-electron chi connectivity index (χ1n) is 7.60. The Morgan fingerprint density at radius 1 is 1.35 bits per heavy atom. The van der Waals surface area contributed by atoms with E-state index in [1.807, 2.05) is 36.1 Å². The Balaban J connectivity index is 1.53. The number of carbonyl (C=O) groups excluding carboxylic acids is 1. The van der Waals surface area contributed by atoms with E-state index in [2.05, 4.69) is 26.1 Å². The summed E-state index contributed by atoms with van der Waals surface area (Å²) < 4.78 is 6.32. The fourth-order valence-corrected chi connectivity index (χ4v) is 3.95. The summed E-state index contributed by atoms with van der Waals surface area (Å²) in [6.45, 7) is 3.47.